The molecule has 0 saturated heterocycles. The normalized spacial score (nSPS) is 16.2. The van der Waals surface area contributed by atoms with Gasteiger partial charge in [0.15, 0.2) is 0 Å². The molecule has 0 fully saturated rings. The molecule has 3 aromatic rings. The van der Waals surface area contributed by atoms with Crippen LogP contribution in [0, 0.1) is 0 Å². The number of hydrazone groups is 1. The number of aromatic nitrogens is 1. The van der Waals surface area contributed by atoms with Crippen molar-refractivity contribution in [1.82, 2.24) is 14.9 Å². The van der Waals surface area contributed by atoms with Gasteiger partial charge < -0.3 is 4.42 Å². The largest absolute Gasteiger partial charge is 0.467 e. The van der Waals surface area contributed by atoms with E-state index in [9.17, 15) is 4.79 Å². The summed E-state index contributed by atoms with van der Waals surface area (Å²) in [5.41, 5.74) is 2.81. The highest BCUT2D eigenvalue weighted by molar-refractivity contribution is 6.30. The summed E-state index contributed by atoms with van der Waals surface area (Å²) in [6, 6.07) is 16.8. The van der Waals surface area contributed by atoms with Gasteiger partial charge in [-0.25, -0.2) is 5.01 Å². The lowest BCUT2D eigenvalue weighted by molar-refractivity contribution is -0.134. The van der Waals surface area contributed by atoms with Gasteiger partial charge in [-0.1, -0.05) is 29.8 Å². The summed E-state index contributed by atoms with van der Waals surface area (Å²) in [5.74, 6) is 0.663. The third-order valence-corrected chi connectivity index (χ3v) is 5.35. The number of amides is 1. The van der Waals surface area contributed by atoms with Crippen molar-refractivity contribution >= 4 is 23.2 Å². The van der Waals surface area contributed by atoms with Gasteiger partial charge in [0.1, 0.15) is 11.8 Å². The van der Waals surface area contributed by atoms with Crippen molar-refractivity contribution in [3.8, 4) is 0 Å². The van der Waals surface area contributed by atoms with Crippen LogP contribution in [-0.4, -0.2) is 46.6 Å². The Hall–Kier alpha value is -2.96. The Bertz CT molecular complexity index is 1000. The fraction of sp³-hybridized carbons (Fsp3) is 0.261. The number of rotatable bonds is 7. The summed E-state index contributed by atoms with van der Waals surface area (Å²) in [5, 5.41) is 6.88. The maximum Gasteiger partial charge on any atom is 0.257 e. The van der Waals surface area contributed by atoms with Crippen molar-refractivity contribution in [1.29, 1.82) is 0 Å². The molecule has 0 spiro atoms. The van der Waals surface area contributed by atoms with Gasteiger partial charge in [-0.15, -0.1) is 0 Å². The molecule has 0 N–H and O–H groups in total. The molecular weight excluding hydrogens is 400 g/mol. The van der Waals surface area contributed by atoms with Crippen LogP contribution in [0.15, 0.2) is 76.6 Å². The molecule has 1 aromatic carbocycles. The molecule has 7 heteroatoms. The first-order valence-corrected chi connectivity index (χ1v) is 10.3. The number of likely N-dealkylation sites (N-methyl/N-ethyl adjacent to an activating group) is 1. The van der Waals surface area contributed by atoms with Crippen LogP contribution in [-0.2, 0) is 11.2 Å². The molecule has 4 rings (SSSR count). The molecule has 6 nitrogen and oxygen atoms in total. The lowest BCUT2D eigenvalue weighted by atomic mass is 10.0. The number of carbonyl (C=O) groups excluding carboxylic acids is 1. The Morgan fingerprint density at radius 1 is 1.20 bits per heavy atom. The molecule has 1 atom stereocenters. The second-order valence-corrected chi connectivity index (χ2v) is 7.77. The Morgan fingerprint density at radius 2 is 2.03 bits per heavy atom. The average Bonchev–Trinajstić information content (AvgIpc) is 3.43. The monoisotopic (exact) mass is 422 g/mol. The zero-order valence-electron chi connectivity index (χ0n) is 16.7. The van der Waals surface area contributed by atoms with Crippen LogP contribution in [0.1, 0.15) is 29.5 Å². The number of benzene rings is 1. The average molecular weight is 423 g/mol. The topological polar surface area (TPSA) is 61.9 Å². The predicted molar refractivity (Wildman–Crippen MR) is 116 cm³/mol. The first-order chi connectivity index (χ1) is 14.6. The van der Waals surface area contributed by atoms with Crippen LogP contribution in [0.2, 0.25) is 5.02 Å². The van der Waals surface area contributed by atoms with E-state index in [1.54, 1.807) is 17.5 Å². The van der Waals surface area contributed by atoms with Gasteiger partial charge in [0.05, 0.1) is 18.5 Å². The van der Waals surface area contributed by atoms with Gasteiger partial charge in [0.2, 0.25) is 0 Å². The molecular formula is C23H23ClN4O2. The third-order valence-electron chi connectivity index (χ3n) is 5.10. The quantitative estimate of drug-likeness (QED) is 0.573. The highest BCUT2D eigenvalue weighted by Gasteiger charge is 2.35. The summed E-state index contributed by atoms with van der Waals surface area (Å²) in [6.07, 6.45) is 4.78. The highest BCUT2D eigenvalue weighted by atomic mass is 35.5. The molecule has 154 valence electrons. The Morgan fingerprint density at radius 3 is 2.73 bits per heavy atom. The zero-order valence-corrected chi connectivity index (χ0v) is 17.5. The highest BCUT2D eigenvalue weighted by Crippen LogP contribution is 2.33. The van der Waals surface area contributed by atoms with Gasteiger partial charge in [0, 0.05) is 36.3 Å². The van der Waals surface area contributed by atoms with E-state index in [0.29, 0.717) is 11.4 Å². The second-order valence-electron chi connectivity index (χ2n) is 7.34. The fourth-order valence-electron chi connectivity index (χ4n) is 3.49. The molecule has 1 unspecified atom stereocenters. The molecule has 1 aliphatic rings. The first kappa shape index (κ1) is 20.3. The van der Waals surface area contributed by atoms with Crippen molar-refractivity contribution in [3.63, 3.8) is 0 Å². The molecule has 2 aromatic heterocycles. The van der Waals surface area contributed by atoms with E-state index in [4.69, 9.17) is 16.0 Å². The molecule has 1 amide bonds. The van der Waals surface area contributed by atoms with Crippen LogP contribution >= 0.6 is 11.6 Å². The summed E-state index contributed by atoms with van der Waals surface area (Å²) >= 11 is 6.01. The van der Waals surface area contributed by atoms with Crippen LogP contribution in [0.4, 0.5) is 0 Å². The van der Waals surface area contributed by atoms with Crippen LogP contribution < -0.4 is 0 Å². The minimum absolute atomic E-state index is 0.0658. The smallest absolute Gasteiger partial charge is 0.257 e. The van der Waals surface area contributed by atoms with E-state index >= 15 is 0 Å². The summed E-state index contributed by atoms with van der Waals surface area (Å²) in [6.45, 7) is 0.997. The van der Waals surface area contributed by atoms with E-state index in [1.807, 2.05) is 66.5 Å². The molecule has 0 radical (unpaired) electrons. The lowest BCUT2D eigenvalue weighted by Gasteiger charge is -2.23. The van der Waals surface area contributed by atoms with Gasteiger partial charge in [-0.05, 0) is 49.0 Å². The van der Waals surface area contributed by atoms with Crippen molar-refractivity contribution in [2.45, 2.75) is 18.9 Å². The summed E-state index contributed by atoms with van der Waals surface area (Å²) in [4.78, 5) is 19.4. The lowest BCUT2D eigenvalue weighted by Crippen LogP contribution is -2.37. The Labute approximate surface area is 180 Å². The summed E-state index contributed by atoms with van der Waals surface area (Å²) < 4.78 is 5.60. The van der Waals surface area contributed by atoms with Gasteiger partial charge in [0.25, 0.3) is 5.91 Å². The van der Waals surface area contributed by atoms with Crippen LogP contribution in [0.3, 0.4) is 0 Å². The van der Waals surface area contributed by atoms with Crippen molar-refractivity contribution in [2.75, 3.05) is 20.1 Å². The number of pyridine rings is 1. The van der Waals surface area contributed by atoms with Crippen molar-refractivity contribution in [3.05, 3.63) is 89.1 Å². The number of furan rings is 1. The number of nitrogens with zero attached hydrogens (tertiary/aromatic N) is 4. The number of hydrogen-bond donors (Lipinski definition) is 0. The minimum Gasteiger partial charge on any atom is -0.467 e. The SMILES string of the molecule is CN(CCc1ccccn1)CC(=O)N1N=C(c2ccc(Cl)cc2)CC1c1ccco1. The van der Waals surface area contributed by atoms with Gasteiger partial charge in [-0.3, -0.25) is 14.7 Å². The van der Waals surface area contributed by atoms with Gasteiger partial charge >= 0.3 is 0 Å². The number of hydrogen-bond acceptors (Lipinski definition) is 5. The minimum atomic E-state index is -0.248. The maximum absolute atomic E-state index is 13.1. The molecule has 30 heavy (non-hydrogen) atoms. The second kappa shape index (κ2) is 9.24. The maximum atomic E-state index is 13.1. The number of halogens is 1. The van der Waals surface area contributed by atoms with Crippen LogP contribution in [0.25, 0.3) is 0 Å². The third kappa shape index (κ3) is 4.78. The Kier molecular flexibility index (Phi) is 6.26. The molecule has 1 aliphatic heterocycles. The van der Waals surface area contributed by atoms with E-state index in [1.165, 1.54) is 0 Å². The molecule has 0 bridgehead atoms. The van der Waals surface area contributed by atoms with E-state index < -0.39 is 0 Å². The molecule has 0 aliphatic carbocycles. The van der Waals surface area contributed by atoms with E-state index in [0.717, 1.165) is 35.7 Å². The number of carbonyl (C=O) groups is 1. The van der Waals surface area contributed by atoms with Crippen molar-refractivity contribution < 1.29 is 9.21 Å². The van der Waals surface area contributed by atoms with Crippen molar-refractivity contribution in [2.24, 2.45) is 5.10 Å². The van der Waals surface area contributed by atoms with E-state index in [-0.39, 0.29) is 18.5 Å². The van der Waals surface area contributed by atoms with E-state index in [2.05, 4.69) is 10.1 Å². The Balaban J connectivity index is 1.46. The van der Waals surface area contributed by atoms with Crippen LogP contribution in [0.5, 0.6) is 0 Å². The zero-order chi connectivity index (χ0) is 20.9. The standard InChI is InChI=1S/C23H23ClN4O2/c1-27(13-11-19-5-2-3-12-25-19)16-23(29)28-21(22-6-4-14-30-22)15-20(26-28)17-7-9-18(24)10-8-17/h2-10,12,14,21H,11,13,15-16H2,1H3. The predicted octanol–water partition coefficient (Wildman–Crippen LogP) is 4.18. The molecule has 0 saturated carbocycles. The first-order valence-electron chi connectivity index (χ1n) is 9.87. The fourth-order valence-corrected chi connectivity index (χ4v) is 3.62. The molecule has 3 heterocycles. The van der Waals surface area contributed by atoms with Gasteiger partial charge in [-0.2, -0.15) is 5.10 Å². The summed E-state index contributed by atoms with van der Waals surface area (Å²) in [7, 11) is 1.93.